The Bertz CT molecular complexity index is 768. The normalized spacial score (nSPS) is 24.4. The van der Waals surface area contributed by atoms with Gasteiger partial charge in [-0.2, -0.15) is 5.10 Å². The van der Waals surface area contributed by atoms with Gasteiger partial charge in [-0.1, -0.05) is 0 Å². The number of likely N-dealkylation sites (tertiary alicyclic amines) is 1. The Hall–Kier alpha value is -2.26. The summed E-state index contributed by atoms with van der Waals surface area (Å²) in [7, 11) is 1.99. The molecule has 24 heavy (non-hydrogen) atoms. The number of fused-ring (bicyclic) bond motifs is 1. The molecule has 2 aromatic rings. The van der Waals surface area contributed by atoms with Gasteiger partial charge in [0.2, 0.25) is 0 Å². The van der Waals surface area contributed by atoms with Crippen molar-refractivity contribution in [3.8, 4) is 0 Å². The summed E-state index contributed by atoms with van der Waals surface area (Å²) in [6, 6.07) is 1.83. The Morgan fingerprint density at radius 2 is 2.21 bits per heavy atom. The highest BCUT2D eigenvalue weighted by Gasteiger charge is 2.35. The van der Waals surface area contributed by atoms with Crippen molar-refractivity contribution >= 4 is 5.91 Å². The van der Waals surface area contributed by atoms with Crippen LogP contribution in [0.1, 0.15) is 40.3 Å². The number of hydrogen-bond donors (Lipinski definition) is 2. The van der Waals surface area contributed by atoms with Gasteiger partial charge in [0.25, 0.3) is 5.91 Å². The molecule has 0 saturated carbocycles. The first-order valence-corrected chi connectivity index (χ1v) is 8.14. The second-order valence-electron chi connectivity index (χ2n) is 6.63. The summed E-state index contributed by atoms with van der Waals surface area (Å²) < 4.78 is 2.08. The van der Waals surface area contributed by atoms with Crippen LogP contribution in [0, 0.1) is 6.92 Å². The van der Waals surface area contributed by atoms with Gasteiger partial charge in [0.05, 0.1) is 18.7 Å². The zero-order chi connectivity index (χ0) is 16.8. The van der Waals surface area contributed by atoms with E-state index in [2.05, 4.69) is 29.9 Å². The van der Waals surface area contributed by atoms with Crippen LogP contribution in [0.3, 0.4) is 0 Å². The summed E-state index contributed by atoms with van der Waals surface area (Å²) >= 11 is 0. The minimum Gasteiger partial charge on any atom is -0.392 e. The number of nitrogens with one attached hydrogen (secondary N) is 1. The maximum Gasteiger partial charge on any atom is 0.274 e. The van der Waals surface area contributed by atoms with Crippen molar-refractivity contribution in [1.29, 1.82) is 0 Å². The Kier molecular flexibility index (Phi) is 3.61. The zero-order valence-corrected chi connectivity index (χ0v) is 13.8. The number of amides is 1. The summed E-state index contributed by atoms with van der Waals surface area (Å²) in [5, 5.41) is 25.3. The van der Waals surface area contributed by atoms with E-state index < -0.39 is 0 Å². The number of β-amino-alcohol motifs (C(OH)–C–C–N with tert-alkyl or cyclic N) is 1. The minimum absolute atomic E-state index is 0.0810. The van der Waals surface area contributed by atoms with Gasteiger partial charge >= 0.3 is 0 Å². The lowest BCUT2D eigenvalue weighted by molar-refractivity contribution is 0.0699. The van der Waals surface area contributed by atoms with E-state index in [1.807, 2.05) is 14.0 Å². The number of carbonyl (C=O) groups is 1. The molecular formula is C15H21N7O2. The van der Waals surface area contributed by atoms with Crippen LogP contribution in [0.25, 0.3) is 0 Å². The first-order chi connectivity index (χ1) is 11.5. The molecule has 2 aliphatic heterocycles. The van der Waals surface area contributed by atoms with E-state index in [0.717, 1.165) is 17.3 Å². The molecule has 0 unspecified atom stereocenters. The van der Waals surface area contributed by atoms with Crippen molar-refractivity contribution in [3.63, 3.8) is 0 Å². The summed E-state index contributed by atoms with van der Waals surface area (Å²) in [6.07, 6.45) is 0.349. The number of carbonyl (C=O) groups excluding carboxylic acids is 1. The van der Waals surface area contributed by atoms with Crippen LogP contribution in [0.15, 0.2) is 6.07 Å². The average Bonchev–Trinajstić information content (AvgIpc) is 3.24. The molecule has 1 fully saturated rings. The Labute approximate surface area is 139 Å². The van der Waals surface area contributed by atoms with E-state index in [0.29, 0.717) is 38.3 Å². The summed E-state index contributed by atoms with van der Waals surface area (Å²) in [4.78, 5) is 16.4. The average molecular weight is 331 g/mol. The highest BCUT2D eigenvalue weighted by atomic mass is 16.3. The lowest BCUT2D eigenvalue weighted by Crippen LogP contribution is -2.39. The molecule has 2 atom stereocenters. The van der Waals surface area contributed by atoms with Crippen molar-refractivity contribution in [2.24, 2.45) is 0 Å². The minimum atomic E-state index is -0.322. The molecule has 9 heteroatoms. The van der Waals surface area contributed by atoms with Crippen molar-refractivity contribution in [2.45, 2.75) is 38.6 Å². The molecule has 1 saturated heterocycles. The highest BCUT2D eigenvalue weighted by Crippen LogP contribution is 2.30. The number of aliphatic hydroxyl groups is 1. The Morgan fingerprint density at radius 1 is 1.38 bits per heavy atom. The fourth-order valence-corrected chi connectivity index (χ4v) is 3.56. The molecule has 2 aliphatic rings. The van der Waals surface area contributed by atoms with Gasteiger partial charge in [-0.05, 0) is 26.5 Å². The maximum absolute atomic E-state index is 12.5. The Morgan fingerprint density at radius 3 is 2.88 bits per heavy atom. The molecule has 0 radical (unpaired) electrons. The number of rotatable bonds is 2. The van der Waals surface area contributed by atoms with Crippen LogP contribution in [-0.4, -0.2) is 72.0 Å². The van der Waals surface area contributed by atoms with E-state index in [4.69, 9.17) is 0 Å². The quantitative estimate of drug-likeness (QED) is 0.783. The number of aromatic nitrogens is 5. The van der Waals surface area contributed by atoms with Crippen LogP contribution in [0.5, 0.6) is 0 Å². The van der Waals surface area contributed by atoms with Gasteiger partial charge in [0, 0.05) is 25.3 Å². The predicted molar refractivity (Wildman–Crippen MR) is 84.1 cm³/mol. The Balaban J connectivity index is 1.54. The first kappa shape index (κ1) is 15.3. The third kappa shape index (κ3) is 2.49. The number of aromatic amines is 1. The molecule has 0 aliphatic carbocycles. The fourth-order valence-electron chi connectivity index (χ4n) is 3.56. The number of hydrogen-bond acceptors (Lipinski definition) is 6. The predicted octanol–water partition coefficient (Wildman–Crippen LogP) is -0.297. The van der Waals surface area contributed by atoms with Crippen LogP contribution in [0.2, 0.25) is 0 Å². The number of aryl methyl sites for hydroxylation is 1. The number of likely N-dealkylation sites (N-methyl/N-ethyl adjacent to an activating group) is 1. The van der Waals surface area contributed by atoms with E-state index in [-0.39, 0.29) is 18.1 Å². The lowest BCUT2D eigenvalue weighted by atomic mass is 10.2. The SMILES string of the molecule is Cc1cc(C(=O)N2CCn3c(nnc3[C@@H]3C[C@@H](O)CN3C)C2)n[nH]1. The third-order valence-corrected chi connectivity index (χ3v) is 4.82. The summed E-state index contributed by atoms with van der Waals surface area (Å²) in [5.74, 6) is 1.57. The topological polar surface area (TPSA) is 103 Å². The van der Waals surface area contributed by atoms with Crippen LogP contribution < -0.4 is 0 Å². The van der Waals surface area contributed by atoms with Crippen molar-refractivity contribution < 1.29 is 9.90 Å². The molecule has 128 valence electrons. The summed E-state index contributed by atoms with van der Waals surface area (Å²) in [6.45, 7) is 4.21. The maximum atomic E-state index is 12.5. The second kappa shape index (κ2) is 5.67. The number of H-pyrrole nitrogens is 1. The third-order valence-electron chi connectivity index (χ3n) is 4.82. The second-order valence-corrected chi connectivity index (χ2v) is 6.63. The molecule has 4 rings (SSSR count). The summed E-state index contributed by atoms with van der Waals surface area (Å²) in [5.41, 5.74) is 1.29. The smallest absolute Gasteiger partial charge is 0.274 e. The van der Waals surface area contributed by atoms with E-state index in [1.54, 1.807) is 11.0 Å². The molecule has 0 spiro atoms. The standard InChI is InChI=1S/C15H21N7O2/c1-9-5-11(17-16-9)15(24)21-3-4-22-13(8-21)18-19-14(22)12-6-10(23)7-20(12)2/h5,10,12,23H,3-4,6-8H2,1-2H3,(H,16,17)/t10-,12+/m1/s1. The monoisotopic (exact) mass is 331 g/mol. The largest absolute Gasteiger partial charge is 0.392 e. The molecule has 0 bridgehead atoms. The zero-order valence-electron chi connectivity index (χ0n) is 13.8. The van der Waals surface area contributed by atoms with Crippen molar-refractivity contribution in [3.05, 3.63) is 29.1 Å². The molecule has 4 heterocycles. The molecule has 1 amide bonds. The molecular weight excluding hydrogens is 310 g/mol. The van der Waals surface area contributed by atoms with Crippen LogP contribution >= 0.6 is 0 Å². The lowest BCUT2D eigenvalue weighted by Gasteiger charge is -2.28. The highest BCUT2D eigenvalue weighted by molar-refractivity contribution is 5.92. The van der Waals surface area contributed by atoms with E-state index >= 15 is 0 Å². The number of aliphatic hydroxyl groups excluding tert-OH is 1. The van der Waals surface area contributed by atoms with Gasteiger partial charge in [-0.25, -0.2) is 0 Å². The van der Waals surface area contributed by atoms with Gasteiger partial charge in [0.1, 0.15) is 5.69 Å². The first-order valence-electron chi connectivity index (χ1n) is 8.14. The van der Waals surface area contributed by atoms with Crippen LogP contribution in [-0.2, 0) is 13.1 Å². The number of nitrogens with zero attached hydrogens (tertiary/aromatic N) is 6. The van der Waals surface area contributed by atoms with Crippen LogP contribution in [0.4, 0.5) is 0 Å². The van der Waals surface area contributed by atoms with E-state index in [1.165, 1.54) is 0 Å². The molecule has 9 nitrogen and oxygen atoms in total. The fraction of sp³-hybridized carbons (Fsp3) is 0.600. The van der Waals surface area contributed by atoms with Crippen molar-refractivity contribution in [2.75, 3.05) is 20.1 Å². The molecule has 0 aromatic carbocycles. The van der Waals surface area contributed by atoms with Gasteiger partial charge in [-0.3, -0.25) is 14.8 Å². The van der Waals surface area contributed by atoms with Gasteiger partial charge in [-0.15, -0.1) is 10.2 Å². The molecule has 2 aromatic heterocycles. The van der Waals surface area contributed by atoms with Crippen molar-refractivity contribution in [1.82, 2.24) is 34.8 Å². The van der Waals surface area contributed by atoms with Gasteiger partial charge < -0.3 is 14.6 Å². The van der Waals surface area contributed by atoms with Gasteiger partial charge in [0.15, 0.2) is 11.6 Å². The van der Waals surface area contributed by atoms with E-state index in [9.17, 15) is 9.90 Å². The molecule has 2 N–H and O–H groups in total.